The highest BCUT2D eigenvalue weighted by atomic mass is 35.5. The lowest BCUT2D eigenvalue weighted by Gasteiger charge is -1.96. The molecule has 7 heavy (non-hydrogen) atoms. The first-order valence-electron chi connectivity index (χ1n) is 2.36. The van der Waals surface area contributed by atoms with Gasteiger partial charge in [-0.2, -0.15) is 0 Å². The molecule has 0 aromatic carbocycles. The molecule has 42 valence electrons. The Hall–Kier alpha value is -0.0400. The van der Waals surface area contributed by atoms with Gasteiger partial charge in [0.25, 0.3) is 0 Å². The summed E-state index contributed by atoms with van der Waals surface area (Å²) in [6.07, 6.45) is 0.710. The van der Waals surface area contributed by atoms with E-state index in [-0.39, 0.29) is 5.17 Å². The van der Waals surface area contributed by atoms with Crippen molar-refractivity contribution in [1.82, 2.24) is 0 Å². The minimum atomic E-state index is 0.259. The van der Waals surface area contributed by atoms with E-state index in [1.807, 2.05) is 13.8 Å². The molecule has 0 saturated carbocycles. The van der Waals surface area contributed by atoms with Crippen molar-refractivity contribution in [2.45, 2.75) is 20.3 Å². The second-order valence-corrected chi connectivity index (χ2v) is 2.46. The van der Waals surface area contributed by atoms with Crippen molar-refractivity contribution in [2.24, 2.45) is 5.92 Å². The Morgan fingerprint density at radius 2 is 2.14 bits per heavy atom. The topological polar surface area (TPSA) is 23.9 Å². The van der Waals surface area contributed by atoms with Crippen molar-refractivity contribution < 1.29 is 0 Å². The Bertz CT molecular complexity index is 68.5. The van der Waals surface area contributed by atoms with Gasteiger partial charge in [0, 0.05) is 6.42 Å². The molecule has 0 bridgehead atoms. The molecule has 0 aromatic heterocycles. The van der Waals surface area contributed by atoms with E-state index in [2.05, 4.69) is 0 Å². The summed E-state index contributed by atoms with van der Waals surface area (Å²) < 4.78 is 0. The van der Waals surface area contributed by atoms with Gasteiger partial charge in [-0.3, -0.25) is 5.41 Å². The first-order valence-corrected chi connectivity index (χ1v) is 2.73. The van der Waals surface area contributed by atoms with E-state index in [9.17, 15) is 0 Å². The minimum absolute atomic E-state index is 0.259. The third-order valence-electron chi connectivity index (χ3n) is 0.587. The molecule has 0 fully saturated rings. The van der Waals surface area contributed by atoms with Gasteiger partial charge in [-0.15, -0.1) is 0 Å². The Labute approximate surface area is 49.2 Å². The average Bonchev–Trinajstić information content (AvgIpc) is 1.27. The molecular formula is C5H10ClN. The van der Waals surface area contributed by atoms with Gasteiger partial charge in [0.2, 0.25) is 0 Å². The minimum Gasteiger partial charge on any atom is -0.293 e. The molecule has 0 rings (SSSR count). The van der Waals surface area contributed by atoms with Crippen molar-refractivity contribution >= 4 is 16.8 Å². The van der Waals surface area contributed by atoms with Crippen molar-refractivity contribution in [3.05, 3.63) is 0 Å². The van der Waals surface area contributed by atoms with E-state index >= 15 is 0 Å². The number of halogens is 1. The van der Waals surface area contributed by atoms with Gasteiger partial charge in [0.1, 0.15) is 0 Å². The molecule has 0 amide bonds. The van der Waals surface area contributed by atoms with Crippen LogP contribution in [0, 0.1) is 11.3 Å². The zero-order valence-electron chi connectivity index (χ0n) is 4.66. The van der Waals surface area contributed by atoms with Gasteiger partial charge in [0.15, 0.2) is 0 Å². The van der Waals surface area contributed by atoms with Crippen LogP contribution in [0.4, 0.5) is 0 Å². The summed E-state index contributed by atoms with van der Waals surface area (Å²) in [5, 5.41) is 7.05. The number of hydrogen-bond acceptors (Lipinski definition) is 1. The molecule has 2 heteroatoms. The van der Waals surface area contributed by atoms with E-state index in [4.69, 9.17) is 17.0 Å². The molecular weight excluding hydrogens is 110 g/mol. The van der Waals surface area contributed by atoms with E-state index in [0.29, 0.717) is 12.3 Å². The lowest BCUT2D eigenvalue weighted by atomic mass is 10.2. The average molecular weight is 120 g/mol. The fourth-order valence-electron chi connectivity index (χ4n) is 0.358. The summed E-state index contributed by atoms with van der Waals surface area (Å²) in [6, 6.07) is 0. The second kappa shape index (κ2) is 3.03. The molecule has 0 aliphatic carbocycles. The molecule has 0 unspecified atom stereocenters. The molecule has 1 N–H and O–H groups in total. The van der Waals surface area contributed by atoms with E-state index in [1.165, 1.54) is 0 Å². The number of hydrogen-bond donors (Lipinski definition) is 1. The Morgan fingerprint density at radius 1 is 1.71 bits per heavy atom. The number of nitrogens with one attached hydrogen (secondary N) is 1. The van der Waals surface area contributed by atoms with Crippen LogP contribution in [-0.4, -0.2) is 5.17 Å². The smallest absolute Gasteiger partial charge is 0.0971 e. The lowest BCUT2D eigenvalue weighted by molar-refractivity contribution is 0.686. The maximum atomic E-state index is 6.79. The third kappa shape index (κ3) is 5.96. The predicted molar refractivity (Wildman–Crippen MR) is 33.0 cm³/mol. The van der Waals surface area contributed by atoms with Crippen LogP contribution in [0.25, 0.3) is 0 Å². The molecule has 0 aromatic rings. The highest BCUT2D eigenvalue weighted by Crippen LogP contribution is 2.01. The van der Waals surface area contributed by atoms with Crippen molar-refractivity contribution in [1.29, 1.82) is 5.41 Å². The van der Waals surface area contributed by atoms with Gasteiger partial charge in [0.05, 0.1) is 5.17 Å². The van der Waals surface area contributed by atoms with Crippen LogP contribution in [0.1, 0.15) is 20.3 Å². The van der Waals surface area contributed by atoms with Crippen LogP contribution in [0.2, 0.25) is 0 Å². The zero-order valence-corrected chi connectivity index (χ0v) is 5.42. The summed E-state index contributed by atoms with van der Waals surface area (Å²) in [5.41, 5.74) is 0. The van der Waals surface area contributed by atoms with Gasteiger partial charge >= 0.3 is 0 Å². The SMILES string of the molecule is CC(C)CC(=N)Cl. The van der Waals surface area contributed by atoms with Gasteiger partial charge < -0.3 is 0 Å². The fourth-order valence-corrected chi connectivity index (χ4v) is 0.667. The third-order valence-corrected chi connectivity index (χ3v) is 0.742. The molecule has 1 nitrogen and oxygen atoms in total. The summed E-state index contributed by atoms with van der Waals surface area (Å²) in [7, 11) is 0. The lowest BCUT2D eigenvalue weighted by Crippen LogP contribution is -1.91. The second-order valence-electron chi connectivity index (χ2n) is 2.00. The van der Waals surface area contributed by atoms with Gasteiger partial charge in [-0.1, -0.05) is 25.4 Å². The molecule has 0 atom stereocenters. The van der Waals surface area contributed by atoms with Crippen molar-refractivity contribution in [2.75, 3.05) is 0 Å². The Kier molecular flexibility index (Phi) is 3.01. The van der Waals surface area contributed by atoms with Crippen molar-refractivity contribution in [3.63, 3.8) is 0 Å². The summed E-state index contributed by atoms with van der Waals surface area (Å²) >= 11 is 5.26. The van der Waals surface area contributed by atoms with Crippen LogP contribution in [0.5, 0.6) is 0 Å². The maximum absolute atomic E-state index is 6.79. The van der Waals surface area contributed by atoms with Gasteiger partial charge in [-0.25, -0.2) is 0 Å². The monoisotopic (exact) mass is 119 g/mol. The zero-order chi connectivity index (χ0) is 5.86. The van der Waals surface area contributed by atoms with E-state index < -0.39 is 0 Å². The highest BCUT2D eigenvalue weighted by molar-refractivity contribution is 6.64. The highest BCUT2D eigenvalue weighted by Gasteiger charge is 1.94. The molecule has 0 heterocycles. The quantitative estimate of drug-likeness (QED) is 0.540. The Balaban J connectivity index is 3.13. The molecule has 0 radical (unpaired) electrons. The van der Waals surface area contributed by atoms with E-state index in [0.717, 1.165) is 0 Å². The van der Waals surface area contributed by atoms with Gasteiger partial charge in [-0.05, 0) is 5.92 Å². The fraction of sp³-hybridized carbons (Fsp3) is 0.800. The van der Waals surface area contributed by atoms with E-state index in [1.54, 1.807) is 0 Å². The maximum Gasteiger partial charge on any atom is 0.0971 e. The first-order chi connectivity index (χ1) is 3.13. The molecule has 0 aliphatic rings. The molecule has 0 spiro atoms. The van der Waals surface area contributed by atoms with Crippen LogP contribution in [0.15, 0.2) is 0 Å². The summed E-state index contributed by atoms with van der Waals surface area (Å²) in [5.74, 6) is 0.519. The van der Waals surface area contributed by atoms with Crippen LogP contribution in [-0.2, 0) is 0 Å². The van der Waals surface area contributed by atoms with Crippen LogP contribution >= 0.6 is 11.6 Å². The summed E-state index contributed by atoms with van der Waals surface area (Å²) in [6.45, 7) is 4.08. The summed E-state index contributed by atoms with van der Waals surface area (Å²) in [4.78, 5) is 0. The van der Waals surface area contributed by atoms with Crippen molar-refractivity contribution in [3.8, 4) is 0 Å². The number of rotatable bonds is 2. The molecule has 0 aliphatic heterocycles. The van der Waals surface area contributed by atoms with Crippen LogP contribution < -0.4 is 0 Å². The standard InChI is InChI=1S/C5H10ClN/c1-4(2)3-5(6)7/h4,7H,3H2,1-2H3. The largest absolute Gasteiger partial charge is 0.293 e. The first kappa shape index (κ1) is 6.96. The normalized spacial score (nSPS) is 9.71. The molecule has 0 saturated heterocycles. The Morgan fingerprint density at radius 3 is 2.14 bits per heavy atom. The predicted octanol–water partition coefficient (Wildman–Crippen LogP) is 2.25. The van der Waals surface area contributed by atoms with Crippen LogP contribution in [0.3, 0.4) is 0 Å².